The minimum Gasteiger partial charge on any atom is -0.481 e. The van der Waals surface area contributed by atoms with Crippen molar-refractivity contribution in [3.8, 4) is 0 Å². The van der Waals surface area contributed by atoms with E-state index >= 15 is 0 Å². The number of imidazole rings is 1. The SMILES string of the molecule is O=C(O)C1CCn2c(Cl)nc(Br)c2C1. The summed E-state index contributed by atoms with van der Waals surface area (Å²) >= 11 is 9.13. The molecule has 4 nitrogen and oxygen atoms in total. The van der Waals surface area contributed by atoms with Gasteiger partial charge in [0.1, 0.15) is 4.60 Å². The van der Waals surface area contributed by atoms with Crippen LogP contribution in [0.3, 0.4) is 0 Å². The van der Waals surface area contributed by atoms with Gasteiger partial charge in [-0.3, -0.25) is 4.79 Å². The van der Waals surface area contributed by atoms with Gasteiger partial charge in [0.25, 0.3) is 0 Å². The van der Waals surface area contributed by atoms with E-state index in [1.54, 1.807) is 0 Å². The molecule has 0 aromatic carbocycles. The van der Waals surface area contributed by atoms with Gasteiger partial charge in [-0.1, -0.05) is 0 Å². The number of aliphatic carboxylic acids is 1. The van der Waals surface area contributed by atoms with Gasteiger partial charge in [-0.25, -0.2) is 4.98 Å². The minimum atomic E-state index is -0.750. The van der Waals surface area contributed by atoms with Gasteiger partial charge in [0.2, 0.25) is 5.28 Å². The molecular formula is C8H8BrClN2O2. The molecule has 76 valence electrons. The summed E-state index contributed by atoms with van der Waals surface area (Å²) in [6, 6.07) is 0. The summed E-state index contributed by atoms with van der Waals surface area (Å²) in [7, 11) is 0. The van der Waals surface area contributed by atoms with Gasteiger partial charge in [-0.15, -0.1) is 0 Å². The molecule has 0 radical (unpaired) electrons. The third-order valence-electron chi connectivity index (χ3n) is 2.47. The van der Waals surface area contributed by atoms with Gasteiger partial charge in [0.15, 0.2) is 0 Å². The number of fused-ring (bicyclic) bond motifs is 1. The number of carbonyl (C=O) groups is 1. The molecule has 0 saturated carbocycles. The van der Waals surface area contributed by atoms with E-state index in [9.17, 15) is 4.79 Å². The first-order valence-electron chi connectivity index (χ1n) is 4.23. The summed E-state index contributed by atoms with van der Waals surface area (Å²) in [5.74, 6) is -1.06. The van der Waals surface area contributed by atoms with E-state index in [2.05, 4.69) is 20.9 Å². The summed E-state index contributed by atoms with van der Waals surface area (Å²) in [4.78, 5) is 14.8. The lowest BCUT2D eigenvalue weighted by Gasteiger charge is -2.20. The monoisotopic (exact) mass is 278 g/mol. The number of hydrogen-bond donors (Lipinski definition) is 1. The number of rotatable bonds is 1. The fourth-order valence-corrected chi connectivity index (χ4v) is 2.60. The third kappa shape index (κ3) is 1.54. The Labute approximate surface area is 94.0 Å². The van der Waals surface area contributed by atoms with E-state index in [0.29, 0.717) is 29.3 Å². The second kappa shape index (κ2) is 3.55. The topological polar surface area (TPSA) is 55.1 Å². The highest BCUT2D eigenvalue weighted by Crippen LogP contribution is 2.29. The second-order valence-corrected chi connectivity index (χ2v) is 4.39. The van der Waals surface area contributed by atoms with Crippen LogP contribution in [-0.2, 0) is 17.8 Å². The van der Waals surface area contributed by atoms with Crippen LogP contribution in [0.25, 0.3) is 0 Å². The first kappa shape index (κ1) is 9.98. The maximum Gasteiger partial charge on any atom is 0.306 e. The van der Waals surface area contributed by atoms with E-state index < -0.39 is 5.97 Å². The number of hydrogen-bond acceptors (Lipinski definition) is 2. The van der Waals surface area contributed by atoms with Crippen molar-refractivity contribution in [2.45, 2.75) is 19.4 Å². The summed E-state index contributed by atoms with van der Waals surface area (Å²) < 4.78 is 2.51. The summed E-state index contributed by atoms with van der Waals surface area (Å²) in [6.45, 7) is 0.629. The van der Waals surface area contributed by atoms with Gasteiger partial charge >= 0.3 is 5.97 Å². The van der Waals surface area contributed by atoms with Crippen molar-refractivity contribution in [3.63, 3.8) is 0 Å². The predicted octanol–water partition coefficient (Wildman–Crippen LogP) is 1.95. The van der Waals surface area contributed by atoms with Gasteiger partial charge < -0.3 is 9.67 Å². The molecule has 1 aliphatic heterocycles. The molecule has 0 aliphatic carbocycles. The lowest BCUT2D eigenvalue weighted by Crippen LogP contribution is -2.25. The Hall–Kier alpha value is -0.550. The molecule has 1 N–H and O–H groups in total. The first-order valence-corrected chi connectivity index (χ1v) is 5.40. The van der Waals surface area contributed by atoms with Crippen molar-refractivity contribution in [2.24, 2.45) is 5.92 Å². The molecule has 2 heterocycles. The average molecular weight is 280 g/mol. The Kier molecular flexibility index (Phi) is 2.53. The maximum atomic E-state index is 10.8. The van der Waals surface area contributed by atoms with Crippen molar-refractivity contribution in [3.05, 3.63) is 15.6 Å². The van der Waals surface area contributed by atoms with E-state index in [0.717, 1.165) is 5.69 Å². The molecule has 2 rings (SSSR count). The zero-order chi connectivity index (χ0) is 10.3. The zero-order valence-corrected chi connectivity index (χ0v) is 9.55. The van der Waals surface area contributed by atoms with Gasteiger partial charge in [0.05, 0.1) is 11.6 Å². The van der Waals surface area contributed by atoms with Crippen LogP contribution in [0, 0.1) is 5.92 Å². The number of carboxylic acid groups (broad SMARTS) is 1. The average Bonchev–Trinajstić information content (AvgIpc) is 2.42. The quantitative estimate of drug-likeness (QED) is 0.855. The Morgan fingerprint density at radius 1 is 1.71 bits per heavy atom. The van der Waals surface area contributed by atoms with Crippen LogP contribution in [0.5, 0.6) is 0 Å². The number of aromatic nitrogens is 2. The zero-order valence-electron chi connectivity index (χ0n) is 7.20. The fraction of sp³-hybridized carbons (Fsp3) is 0.500. The van der Waals surface area contributed by atoms with Crippen LogP contribution in [0.15, 0.2) is 4.60 Å². The normalized spacial score (nSPS) is 20.6. The van der Waals surface area contributed by atoms with Crippen molar-refractivity contribution >= 4 is 33.5 Å². The molecular weight excluding hydrogens is 271 g/mol. The summed E-state index contributed by atoms with van der Waals surface area (Å²) in [5, 5.41) is 9.31. The molecule has 0 saturated heterocycles. The number of halogens is 2. The second-order valence-electron chi connectivity index (χ2n) is 3.30. The Bertz CT molecular complexity index is 391. The van der Waals surface area contributed by atoms with Crippen molar-refractivity contribution < 1.29 is 9.90 Å². The molecule has 1 unspecified atom stereocenters. The molecule has 1 aromatic heterocycles. The van der Waals surface area contributed by atoms with Crippen LogP contribution < -0.4 is 0 Å². The van der Waals surface area contributed by atoms with E-state index in [1.807, 2.05) is 4.57 Å². The van der Waals surface area contributed by atoms with E-state index in [1.165, 1.54) is 0 Å². The van der Waals surface area contributed by atoms with Crippen molar-refractivity contribution in [1.29, 1.82) is 0 Å². The van der Waals surface area contributed by atoms with E-state index in [4.69, 9.17) is 16.7 Å². The highest BCUT2D eigenvalue weighted by Gasteiger charge is 2.28. The van der Waals surface area contributed by atoms with E-state index in [-0.39, 0.29) is 5.92 Å². The first-order chi connectivity index (χ1) is 6.59. The van der Waals surface area contributed by atoms with Crippen molar-refractivity contribution in [1.82, 2.24) is 9.55 Å². The largest absolute Gasteiger partial charge is 0.481 e. The summed E-state index contributed by atoms with van der Waals surface area (Å²) in [6.07, 6.45) is 1.11. The fourth-order valence-electron chi connectivity index (χ4n) is 1.68. The van der Waals surface area contributed by atoms with Crippen LogP contribution in [0.2, 0.25) is 5.28 Å². The van der Waals surface area contributed by atoms with Crippen LogP contribution in [0.1, 0.15) is 12.1 Å². The highest BCUT2D eigenvalue weighted by atomic mass is 79.9. The van der Waals surface area contributed by atoms with Crippen LogP contribution >= 0.6 is 27.5 Å². The molecule has 1 atom stereocenters. The summed E-state index contributed by atoms with van der Waals surface area (Å²) in [5.41, 5.74) is 0.883. The van der Waals surface area contributed by atoms with Crippen LogP contribution in [-0.4, -0.2) is 20.6 Å². The Morgan fingerprint density at radius 2 is 2.43 bits per heavy atom. The maximum absolute atomic E-state index is 10.8. The van der Waals surface area contributed by atoms with Gasteiger partial charge in [0, 0.05) is 13.0 Å². The Balaban J connectivity index is 2.34. The predicted molar refractivity (Wildman–Crippen MR) is 54.4 cm³/mol. The van der Waals surface area contributed by atoms with Crippen molar-refractivity contribution in [2.75, 3.05) is 0 Å². The van der Waals surface area contributed by atoms with Gasteiger partial charge in [-0.2, -0.15) is 0 Å². The molecule has 0 bridgehead atoms. The molecule has 1 aromatic rings. The third-order valence-corrected chi connectivity index (χ3v) is 3.39. The van der Waals surface area contributed by atoms with Gasteiger partial charge in [-0.05, 0) is 34.0 Å². The minimum absolute atomic E-state index is 0.313. The highest BCUT2D eigenvalue weighted by molar-refractivity contribution is 9.10. The number of carboxylic acids is 1. The smallest absolute Gasteiger partial charge is 0.306 e. The molecule has 6 heteroatoms. The Morgan fingerprint density at radius 3 is 3.07 bits per heavy atom. The molecule has 14 heavy (non-hydrogen) atoms. The van der Waals surface area contributed by atoms with Crippen LogP contribution in [0.4, 0.5) is 0 Å². The molecule has 0 fully saturated rings. The molecule has 1 aliphatic rings. The lowest BCUT2D eigenvalue weighted by molar-refractivity contribution is -0.142. The molecule has 0 amide bonds. The standard InChI is InChI=1S/C8H8BrClN2O2/c9-6-5-3-4(7(13)14)1-2-12(5)8(10)11-6/h4H,1-3H2,(H,13,14). The lowest BCUT2D eigenvalue weighted by atomic mass is 9.97. The number of nitrogens with zero attached hydrogens (tertiary/aromatic N) is 2. The molecule has 0 spiro atoms.